The molecule has 1 aromatic carbocycles. The smallest absolute Gasteiger partial charge is 0.273 e. The van der Waals surface area contributed by atoms with Crippen LogP contribution in [0, 0.1) is 16.0 Å². The number of carbonyl (C=O) groups excluding carboxylic acids is 1. The van der Waals surface area contributed by atoms with Gasteiger partial charge in [0.05, 0.1) is 36.0 Å². The maximum atomic E-state index is 12.9. The van der Waals surface area contributed by atoms with Gasteiger partial charge >= 0.3 is 0 Å². The summed E-state index contributed by atoms with van der Waals surface area (Å²) >= 11 is 0. The van der Waals surface area contributed by atoms with Gasteiger partial charge in [0.2, 0.25) is 5.91 Å². The van der Waals surface area contributed by atoms with Crippen molar-refractivity contribution in [2.24, 2.45) is 5.92 Å². The third kappa shape index (κ3) is 4.47. The SMILES string of the molecule is COc1cc([N+](=O)[O-])ccc1NC(=O)C1CCCN(c2ccc(-c3ccco3)nn2)C1. The summed E-state index contributed by atoms with van der Waals surface area (Å²) in [5, 5.41) is 22.3. The summed E-state index contributed by atoms with van der Waals surface area (Å²) in [6.07, 6.45) is 3.14. The van der Waals surface area contributed by atoms with E-state index in [1.54, 1.807) is 12.3 Å². The number of aromatic nitrogens is 2. The van der Waals surface area contributed by atoms with Crippen LogP contribution >= 0.6 is 0 Å². The lowest BCUT2D eigenvalue weighted by molar-refractivity contribution is -0.384. The van der Waals surface area contributed by atoms with Gasteiger partial charge < -0.3 is 19.4 Å². The number of ether oxygens (including phenoxy) is 1. The normalized spacial score (nSPS) is 16.0. The van der Waals surface area contributed by atoms with E-state index < -0.39 is 4.92 Å². The van der Waals surface area contributed by atoms with E-state index in [4.69, 9.17) is 9.15 Å². The quantitative estimate of drug-likeness (QED) is 0.472. The number of nitrogens with one attached hydrogen (secondary N) is 1. The summed E-state index contributed by atoms with van der Waals surface area (Å²) in [7, 11) is 1.40. The number of carbonyl (C=O) groups is 1. The number of furan rings is 1. The van der Waals surface area contributed by atoms with E-state index in [1.807, 2.05) is 23.1 Å². The van der Waals surface area contributed by atoms with E-state index in [1.165, 1.54) is 25.3 Å². The molecule has 0 bridgehead atoms. The number of piperidine rings is 1. The first-order valence-electron chi connectivity index (χ1n) is 9.81. The fraction of sp³-hybridized carbons (Fsp3) is 0.286. The van der Waals surface area contributed by atoms with Gasteiger partial charge in [-0.3, -0.25) is 14.9 Å². The number of anilines is 2. The number of hydrogen-bond acceptors (Lipinski definition) is 8. The van der Waals surface area contributed by atoms with Gasteiger partial charge in [0.25, 0.3) is 5.69 Å². The van der Waals surface area contributed by atoms with Gasteiger partial charge in [-0.1, -0.05) is 0 Å². The molecular weight excluding hydrogens is 402 g/mol. The molecule has 0 saturated carbocycles. The van der Waals surface area contributed by atoms with E-state index in [-0.39, 0.29) is 23.3 Å². The Labute approximate surface area is 178 Å². The number of benzene rings is 1. The summed E-state index contributed by atoms with van der Waals surface area (Å²) in [6, 6.07) is 11.4. The van der Waals surface area contributed by atoms with Crippen molar-refractivity contribution in [3.63, 3.8) is 0 Å². The Kier molecular flexibility index (Phi) is 5.78. The summed E-state index contributed by atoms with van der Waals surface area (Å²) in [5.41, 5.74) is 0.943. The minimum absolute atomic E-state index is 0.102. The Balaban J connectivity index is 1.43. The second kappa shape index (κ2) is 8.82. The lowest BCUT2D eigenvalue weighted by atomic mass is 9.97. The highest BCUT2D eigenvalue weighted by atomic mass is 16.6. The zero-order valence-electron chi connectivity index (χ0n) is 16.9. The third-order valence-electron chi connectivity index (χ3n) is 5.19. The van der Waals surface area contributed by atoms with Crippen LogP contribution in [0.5, 0.6) is 5.75 Å². The van der Waals surface area contributed by atoms with Crippen molar-refractivity contribution in [1.82, 2.24) is 10.2 Å². The molecule has 1 amide bonds. The first-order valence-corrected chi connectivity index (χ1v) is 9.81. The predicted octanol–water partition coefficient (Wildman–Crippen LogP) is 3.51. The minimum Gasteiger partial charge on any atom is -0.494 e. The molecule has 1 fully saturated rings. The molecule has 0 spiro atoms. The van der Waals surface area contributed by atoms with E-state index in [0.717, 1.165) is 19.4 Å². The fourth-order valence-corrected chi connectivity index (χ4v) is 3.58. The number of nitrogens with zero attached hydrogens (tertiary/aromatic N) is 4. The van der Waals surface area contributed by atoms with Crippen molar-refractivity contribution >= 4 is 23.1 Å². The largest absolute Gasteiger partial charge is 0.494 e. The molecule has 160 valence electrons. The molecule has 0 radical (unpaired) electrons. The molecule has 4 rings (SSSR count). The van der Waals surface area contributed by atoms with E-state index in [2.05, 4.69) is 15.5 Å². The number of non-ortho nitro benzene ring substituents is 1. The highest BCUT2D eigenvalue weighted by molar-refractivity contribution is 5.94. The lowest BCUT2D eigenvalue weighted by Crippen LogP contribution is -2.41. The summed E-state index contributed by atoms with van der Waals surface area (Å²) in [4.78, 5) is 25.3. The molecule has 1 atom stereocenters. The number of amides is 1. The zero-order valence-corrected chi connectivity index (χ0v) is 16.9. The Morgan fingerprint density at radius 3 is 2.84 bits per heavy atom. The Hall–Kier alpha value is -3.95. The van der Waals surface area contributed by atoms with Crippen molar-refractivity contribution in [3.05, 3.63) is 58.8 Å². The van der Waals surface area contributed by atoms with Crippen LogP contribution in [-0.4, -0.2) is 41.2 Å². The monoisotopic (exact) mass is 423 g/mol. The first-order chi connectivity index (χ1) is 15.0. The molecule has 1 aliphatic rings. The number of nitro groups is 1. The molecule has 1 N–H and O–H groups in total. The van der Waals surface area contributed by atoms with Crippen molar-refractivity contribution in [1.29, 1.82) is 0 Å². The molecule has 1 unspecified atom stereocenters. The van der Waals surface area contributed by atoms with Gasteiger partial charge in [-0.25, -0.2) is 0 Å². The molecule has 10 nitrogen and oxygen atoms in total. The van der Waals surface area contributed by atoms with Crippen molar-refractivity contribution in [2.45, 2.75) is 12.8 Å². The topological polar surface area (TPSA) is 124 Å². The van der Waals surface area contributed by atoms with Gasteiger partial charge in [-0.05, 0) is 43.2 Å². The number of hydrogen-bond donors (Lipinski definition) is 1. The van der Waals surface area contributed by atoms with Crippen LogP contribution in [0.3, 0.4) is 0 Å². The van der Waals surface area contributed by atoms with Crippen LogP contribution in [0.25, 0.3) is 11.5 Å². The molecule has 31 heavy (non-hydrogen) atoms. The van der Waals surface area contributed by atoms with Crippen LogP contribution < -0.4 is 15.0 Å². The average molecular weight is 423 g/mol. The molecular formula is C21H21N5O5. The van der Waals surface area contributed by atoms with E-state index in [9.17, 15) is 14.9 Å². The summed E-state index contributed by atoms with van der Waals surface area (Å²) in [5.74, 6) is 1.15. The highest BCUT2D eigenvalue weighted by Gasteiger charge is 2.27. The van der Waals surface area contributed by atoms with Crippen molar-refractivity contribution in [2.75, 3.05) is 30.4 Å². The zero-order chi connectivity index (χ0) is 21.8. The Bertz CT molecular complexity index is 1070. The second-order valence-electron chi connectivity index (χ2n) is 7.17. The Morgan fingerprint density at radius 2 is 2.16 bits per heavy atom. The molecule has 1 aliphatic heterocycles. The number of methoxy groups -OCH3 is 1. The van der Waals surface area contributed by atoms with Crippen LogP contribution in [0.2, 0.25) is 0 Å². The first kappa shape index (κ1) is 20.3. The molecule has 3 heterocycles. The summed E-state index contributed by atoms with van der Waals surface area (Å²) in [6.45, 7) is 1.27. The van der Waals surface area contributed by atoms with Gasteiger partial charge in [0, 0.05) is 19.2 Å². The highest BCUT2D eigenvalue weighted by Crippen LogP contribution is 2.30. The van der Waals surface area contributed by atoms with Crippen molar-refractivity contribution < 1.29 is 18.9 Å². The number of nitro benzene ring substituents is 1. The number of rotatable bonds is 6. The van der Waals surface area contributed by atoms with Crippen LogP contribution in [0.15, 0.2) is 53.1 Å². The third-order valence-corrected chi connectivity index (χ3v) is 5.19. The van der Waals surface area contributed by atoms with Crippen molar-refractivity contribution in [3.8, 4) is 17.2 Å². The minimum atomic E-state index is -0.509. The molecule has 10 heteroatoms. The van der Waals surface area contributed by atoms with Gasteiger partial charge in [0.15, 0.2) is 11.6 Å². The second-order valence-corrected chi connectivity index (χ2v) is 7.17. The van der Waals surface area contributed by atoms with Gasteiger partial charge in [0.1, 0.15) is 11.4 Å². The van der Waals surface area contributed by atoms with Crippen LogP contribution in [0.4, 0.5) is 17.2 Å². The lowest BCUT2D eigenvalue weighted by Gasteiger charge is -2.32. The van der Waals surface area contributed by atoms with Gasteiger partial charge in [-0.15, -0.1) is 10.2 Å². The predicted molar refractivity (Wildman–Crippen MR) is 113 cm³/mol. The average Bonchev–Trinajstić information content (AvgIpc) is 3.34. The van der Waals surface area contributed by atoms with Crippen LogP contribution in [0.1, 0.15) is 12.8 Å². The fourth-order valence-electron chi connectivity index (χ4n) is 3.58. The van der Waals surface area contributed by atoms with E-state index in [0.29, 0.717) is 29.5 Å². The molecule has 1 saturated heterocycles. The standard InChI is InChI=1S/C21H21N5O5/c1-30-19-12-15(26(28)29)6-7-16(19)22-21(27)14-4-2-10-25(13-14)20-9-8-17(23-24-20)18-5-3-11-31-18/h3,5-9,11-12,14H,2,4,10,13H2,1H3,(H,22,27). The maximum Gasteiger partial charge on any atom is 0.273 e. The summed E-state index contributed by atoms with van der Waals surface area (Å²) < 4.78 is 10.5. The molecule has 0 aliphatic carbocycles. The van der Waals surface area contributed by atoms with Crippen LogP contribution in [-0.2, 0) is 4.79 Å². The molecule has 3 aromatic rings. The van der Waals surface area contributed by atoms with E-state index >= 15 is 0 Å². The Morgan fingerprint density at radius 1 is 1.29 bits per heavy atom. The molecule has 2 aromatic heterocycles. The maximum absolute atomic E-state index is 12.9. The van der Waals surface area contributed by atoms with Gasteiger partial charge in [-0.2, -0.15) is 0 Å².